The lowest BCUT2D eigenvalue weighted by molar-refractivity contribution is -0.127. The lowest BCUT2D eigenvalue weighted by Gasteiger charge is -2.25. The van der Waals surface area contributed by atoms with Crippen molar-refractivity contribution in [2.24, 2.45) is 0 Å². The van der Waals surface area contributed by atoms with Gasteiger partial charge in [0.05, 0.1) is 18.5 Å². The second-order valence-electron chi connectivity index (χ2n) is 9.58. The number of aliphatic hydroxyl groups excluding tert-OH is 1. The Hall–Kier alpha value is -3.90. The number of aliphatic hydroxyl groups is 1. The van der Waals surface area contributed by atoms with E-state index in [2.05, 4.69) is 22.0 Å². The number of carbonyl (C=O) groups excluding carboxylic acids is 2. The monoisotopic (exact) mass is 497 g/mol. The molecule has 0 fully saturated rings. The maximum Gasteiger partial charge on any atom is 0.249 e. The summed E-state index contributed by atoms with van der Waals surface area (Å²) in [5.41, 5.74) is 6.89. The Morgan fingerprint density at radius 2 is 1.54 bits per heavy atom. The van der Waals surface area contributed by atoms with Crippen LogP contribution in [0.3, 0.4) is 0 Å². The van der Waals surface area contributed by atoms with E-state index in [1.165, 1.54) is 0 Å². The molecule has 1 aromatic heterocycles. The van der Waals surface area contributed by atoms with E-state index in [0.29, 0.717) is 13.0 Å². The molecular weight excluding hydrogens is 462 g/mol. The first-order valence-corrected chi connectivity index (χ1v) is 12.7. The third-order valence-corrected chi connectivity index (χ3v) is 7.05. The summed E-state index contributed by atoms with van der Waals surface area (Å²) >= 11 is 0. The van der Waals surface area contributed by atoms with E-state index in [9.17, 15) is 14.7 Å². The van der Waals surface area contributed by atoms with E-state index in [4.69, 9.17) is 0 Å². The van der Waals surface area contributed by atoms with E-state index in [0.717, 1.165) is 44.5 Å². The Morgan fingerprint density at radius 1 is 0.919 bits per heavy atom. The summed E-state index contributed by atoms with van der Waals surface area (Å²) in [5, 5.41) is 13.8. The first kappa shape index (κ1) is 26.2. The van der Waals surface area contributed by atoms with Crippen LogP contribution in [0.25, 0.3) is 10.9 Å². The van der Waals surface area contributed by atoms with Gasteiger partial charge in [0, 0.05) is 36.8 Å². The summed E-state index contributed by atoms with van der Waals surface area (Å²) in [7, 11) is 1.74. The maximum atomic E-state index is 13.6. The molecule has 1 heterocycles. The van der Waals surface area contributed by atoms with Gasteiger partial charge in [0.25, 0.3) is 0 Å². The highest BCUT2D eigenvalue weighted by Gasteiger charge is 2.27. The highest BCUT2D eigenvalue weighted by molar-refractivity contribution is 6.00. The van der Waals surface area contributed by atoms with Gasteiger partial charge in [-0.2, -0.15) is 0 Å². The summed E-state index contributed by atoms with van der Waals surface area (Å²) < 4.78 is 2.09. The molecule has 2 amide bonds. The minimum atomic E-state index is -0.714. The number of amides is 2. The largest absolute Gasteiger partial charge is 0.395 e. The molecule has 0 spiro atoms. The fourth-order valence-corrected chi connectivity index (χ4v) is 5.10. The molecule has 0 unspecified atom stereocenters. The lowest BCUT2D eigenvalue weighted by Crippen LogP contribution is -2.49. The predicted octanol–water partition coefficient (Wildman–Crippen LogP) is 4.49. The zero-order valence-electron chi connectivity index (χ0n) is 22.0. The van der Waals surface area contributed by atoms with Crippen LogP contribution in [0.5, 0.6) is 0 Å². The fourth-order valence-electron chi connectivity index (χ4n) is 5.10. The number of benzene rings is 3. The SMILES string of the molecule is Cc1ccc(C)c2c1c(CC(=O)N[C@@H](Cc1ccccc1)C(=O)N(C)c1ccccc1)c(C)n2CCO. The molecule has 0 bridgehead atoms. The first-order valence-electron chi connectivity index (χ1n) is 12.7. The number of rotatable bonds is 9. The Kier molecular flexibility index (Phi) is 8.09. The molecule has 0 saturated heterocycles. The summed E-state index contributed by atoms with van der Waals surface area (Å²) in [5.74, 6) is -0.377. The maximum absolute atomic E-state index is 13.6. The molecule has 3 aromatic carbocycles. The van der Waals surface area contributed by atoms with Gasteiger partial charge in [-0.1, -0.05) is 60.7 Å². The number of nitrogens with one attached hydrogen (secondary N) is 1. The van der Waals surface area contributed by atoms with Gasteiger partial charge in [-0.05, 0) is 55.2 Å². The normalized spacial score (nSPS) is 11.9. The van der Waals surface area contributed by atoms with Crippen LogP contribution in [-0.2, 0) is 29.0 Å². The third kappa shape index (κ3) is 5.59. The van der Waals surface area contributed by atoms with Crippen LogP contribution in [0.2, 0.25) is 0 Å². The molecule has 6 heteroatoms. The van der Waals surface area contributed by atoms with Crippen molar-refractivity contribution in [3.8, 4) is 0 Å². The number of hydrogen-bond donors (Lipinski definition) is 2. The van der Waals surface area contributed by atoms with Crippen LogP contribution in [0.4, 0.5) is 5.69 Å². The van der Waals surface area contributed by atoms with Gasteiger partial charge in [-0.15, -0.1) is 0 Å². The zero-order chi connectivity index (χ0) is 26.5. The summed E-state index contributed by atoms with van der Waals surface area (Å²) in [6, 6.07) is 22.6. The van der Waals surface area contributed by atoms with Gasteiger partial charge in [0.15, 0.2) is 0 Å². The standard InChI is InChI=1S/C31H35N3O3/c1-21-15-16-22(2)30-29(21)26(23(3)34(30)17-18-35)20-28(36)32-27(19-24-11-7-5-8-12-24)31(37)33(4)25-13-9-6-10-14-25/h5-16,27,35H,17-20H2,1-4H3,(H,32,36)/t27-/m0/s1. The number of carbonyl (C=O) groups is 2. The van der Waals surface area contributed by atoms with Crippen LogP contribution in [-0.4, -0.2) is 41.2 Å². The molecule has 0 saturated carbocycles. The third-order valence-electron chi connectivity index (χ3n) is 7.05. The number of fused-ring (bicyclic) bond motifs is 1. The van der Waals surface area contributed by atoms with Gasteiger partial charge in [0.1, 0.15) is 6.04 Å². The number of aromatic nitrogens is 1. The molecule has 0 aliphatic rings. The van der Waals surface area contributed by atoms with E-state index in [-0.39, 0.29) is 24.8 Å². The zero-order valence-corrected chi connectivity index (χ0v) is 22.0. The van der Waals surface area contributed by atoms with Gasteiger partial charge in [-0.3, -0.25) is 9.59 Å². The molecule has 0 aliphatic carbocycles. The number of para-hydroxylation sites is 1. The van der Waals surface area contributed by atoms with E-state index in [1.807, 2.05) is 81.4 Å². The van der Waals surface area contributed by atoms with E-state index < -0.39 is 6.04 Å². The van der Waals surface area contributed by atoms with Crippen LogP contribution >= 0.6 is 0 Å². The van der Waals surface area contributed by atoms with Crippen molar-refractivity contribution in [1.82, 2.24) is 9.88 Å². The first-order chi connectivity index (χ1) is 17.8. The van der Waals surface area contributed by atoms with Crippen LogP contribution in [0, 0.1) is 20.8 Å². The Bertz CT molecular complexity index is 1390. The molecule has 6 nitrogen and oxygen atoms in total. The Labute approximate surface area is 218 Å². The molecule has 192 valence electrons. The summed E-state index contributed by atoms with van der Waals surface area (Å²) in [4.78, 5) is 28.7. The van der Waals surface area contributed by atoms with Crippen molar-refractivity contribution in [2.45, 2.75) is 46.2 Å². The molecule has 0 radical (unpaired) electrons. The molecule has 4 rings (SSSR count). The van der Waals surface area contributed by atoms with E-state index >= 15 is 0 Å². The predicted molar refractivity (Wildman–Crippen MR) is 149 cm³/mol. The second-order valence-corrected chi connectivity index (χ2v) is 9.58. The molecule has 1 atom stereocenters. The quantitative estimate of drug-likeness (QED) is 0.358. The second kappa shape index (κ2) is 11.4. The molecular formula is C31H35N3O3. The van der Waals surface area contributed by atoms with Crippen LogP contribution in [0.15, 0.2) is 72.8 Å². The van der Waals surface area contributed by atoms with Crippen molar-refractivity contribution in [1.29, 1.82) is 0 Å². The fraction of sp³-hybridized carbons (Fsp3) is 0.290. The van der Waals surface area contributed by atoms with Crippen molar-refractivity contribution in [3.63, 3.8) is 0 Å². The van der Waals surface area contributed by atoms with Crippen molar-refractivity contribution in [2.75, 3.05) is 18.6 Å². The molecule has 4 aromatic rings. The van der Waals surface area contributed by atoms with Crippen molar-refractivity contribution in [3.05, 3.63) is 101 Å². The minimum absolute atomic E-state index is 0.0170. The highest BCUT2D eigenvalue weighted by atomic mass is 16.3. The smallest absolute Gasteiger partial charge is 0.249 e. The topological polar surface area (TPSA) is 74.6 Å². The van der Waals surface area contributed by atoms with Gasteiger partial charge >= 0.3 is 0 Å². The average molecular weight is 498 g/mol. The van der Waals surface area contributed by atoms with Crippen LogP contribution < -0.4 is 10.2 Å². The van der Waals surface area contributed by atoms with Crippen LogP contribution in [0.1, 0.15) is 27.9 Å². The molecule has 37 heavy (non-hydrogen) atoms. The number of hydrogen-bond acceptors (Lipinski definition) is 3. The number of aryl methyl sites for hydroxylation is 2. The van der Waals surface area contributed by atoms with Gasteiger partial charge < -0.3 is 19.9 Å². The Balaban J connectivity index is 1.64. The minimum Gasteiger partial charge on any atom is -0.395 e. The molecule has 2 N–H and O–H groups in total. The molecule has 0 aliphatic heterocycles. The average Bonchev–Trinajstić information content (AvgIpc) is 3.18. The van der Waals surface area contributed by atoms with Gasteiger partial charge in [0.2, 0.25) is 11.8 Å². The van der Waals surface area contributed by atoms with Gasteiger partial charge in [-0.25, -0.2) is 0 Å². The number of likely N-dealkylation sites (N-methyl/N-ethyl adjacent to an activating group) is 1. The Morgan fingerprint density at radius 3 is 2.19 bits per heavy atom. The van der Waals surface area contributed by atoms with E-state index in [1.54, 1.807) is 11.9 Å². The summed E-state index contributed by atoms with van der Waals surface area (Å²) in [6.07, 6.45) is 0.546. The number of nitrogens with zero attached hydrogens (tertiary/aromatic N) is 2. The number of anilines is 1. The highest BCUT2D eigenvalue weighted by Crippen LogP contribution is 2.31. The van der Waals surface area contributed by atoms with Crippen molar-refractivity contribution < 1.29 is 14.7 Å². The summed E-state index contributed by atoms with van der Waals surface area (Å²) in [6.45, 7) is 6.57. The van der Waals surface area contributed by atoms with Crippen molar-refractivity contribution >= 4 is 28.4 Å². The lowest BCUT2D eigenvalue weighted by atomic mass is 10.00.